The highest BCUT2D eigenvalue weighted by Crippen LogP contribution is 2.36. The first kappa shape index (κ1) is 12.8. The van der Waals surface area contributed by atoms with Crippen molar-refractivity contribution in [1.29, 1.82) is 0 Å². The van der Waals surface area contributed by atoms with Crippen molar-refractivity contribution in [2.45, 2.75) is 33.6 Å². The van der Waals surface area contributed by atoms with Gasteiger partial charge in [0.2, 0.25) is 0 Å². The number of hydrogen-bond donors (Lipinski definition) is 0. The molecule has 0 amide bonds. The van der Waals surface area contributed by atoms with Gasteiger partial charge in [-0.05, 0) is 49.8 Å². The van der Waals surface area contributed by atoms with E-state index in [9.17, 15) is 4.79 Å². The van der Waals surface area contributed by atoms with Crippen LogP contribution in [0.5, 0.6) is 0 Å². The first-order chi connectivity index (χ1) is 8.49. The summed E-state index contributed by atoms with van der Waals surface area (Å²) in [5.41, 5.74) is 5.66. The van der Waals surface area contributed by atoms with E-state index < -0.39 is 0 Å². The Hall–Kier alpha value is -1.63. The molecule has 0 bridgehead atoms. The maximum Gasteiger partial charge on any atom is 0.159 e. The molecule has 2 rings (SSSR count). The summed E-state index contributed by atoms with van der Waals surface area (Å²) in [6.45, 7) is 10.1. The molecule has 0 heterocycles. The van der Waals surface area contributed by atoms with Gasteiger partial charge in [0.1, 0.15) is 0 Å². The molecule has 1 aliphatic carbocycles. The van der Waals surface area contributed by atoms with Gasteiger partial charge in [-0.15, -0.1) is 0 Å². The van der Waals surface area contributed by atoms with Gasteiger partial charge in [-0.25, -0.2) is 0 Å². The molecule has 94 valence electrons. The largest absolute Gasteiger partial charge is 0.295 e. The zero-order valence-corrected chi connectivity index (χ0v) is 11.4. The van der Waals surface area contributed by atoms with E-state index in [4.69, 9.17) is 0 Å². The average Bonchev–Trinajstić information content (AvgIpc) is 2.33. The molecule has 0 unspecified atom stereocenters. The van der Waals surface area contributed by atoms with Crippen molar-refractivity contribution in [3.8, 4) is 0 Å². The Morgan fingerprint density at radius 2 is 1.78 bits per heavy atom. The van der Waals surface area contributed by atoms with E-state index in [-0.39, 0.29) is 5.78 Å². The quantitative estimate of drug-likeness (QED) is 0.703. The lowest BCUT2D eigenvalue weighted by molar-refractivity contribution is -0.116. The molecule has 1 aromatic rings. The molecule has 0 spiro atoms. The molecule has 1 aliphatic rings. The van der Waals surface area contributed by atoms with Crippen LogP contribution in [-0.2, 0) is 4.79 Å². The summed E-state index contributed by atoms with van der Waals surface area (Å²) in [7, 11) is 0. The molecule has 0 saturated heterocycles. The Morgan fingerprint density at radius 3 is 2.33 bits per heavy atom. The first-order valence-electron chi connectivity index (χ1n) is 6.44. The normalized spacial score (nSPS) is 20.2. The molecule has 1 aromatic carbocycles. The standard InChI is InChI=1S/C17H20O/c1-11(2)15-9-16(13(4)17(18)10-15)14-7-5-12(3)6-8-14/h5-8,15H,1,9-10H2,2-4H3/t15-/m1/s1. The van der Waals surface area contributed by atoms with E-state index in [0.717, 1.165) is 17.6 Å². The second-order valence-corrected chi connectivity index (χ2v) is 5.34. The average molecular weight is 240 g/mol. The Balaban J connectivity index is 2.40. The van der Waals surface area contributed by atoms with E-state index in [1.807, 2.05) is 13.8 Å². The van der Waals surface area contributed by atoms with Crippen LogP contribution < -0.4 is 0 Å². The Bertz CT molecular complexity index is 517. The van der Waals surface area contributed by atoms with Crippen LogP contribution in [0, 0.1) is 12.8 Å². The maximum absolute atomic E-state index is 12.1. The molecule has 0 radical (unpaired) electrons. The predicted molar refractivity (Wildman–Crippen MR) is 76.3 cm³/mol. The van der Waals surface area contributed by atoms with Crippen LogP contribution in [0.2, 0.25) is 0 Å². The molecule has 0 aliphatic heterocycles. The third-order valence-electron chi connectivity index (χ3n) is 3.85. The lowest BCUT2D eigenvalue weighted by Crippen LogP contribution is -2.18. The van der Waals surface area contributed by atoms with Gasteiger partial charge in [0, 0.05) is 6.42 Å². The van der Waals surface area contributed by atoms with Crippen LogP contribution in [-0.4, -0.2) is 5.78 Å². The SMILES string of the molecule is C=C(C)[C@H]1CC(=O)C(C)=C(c2ccc(C)cc2)C1. The van der Waals surface area contributed by atoms with Crippen molar-refractivity contribution in [2.24, 2.45) is 5.92 Å². The number of Topliss-reactive ketones (excluding diaryl/α,β-unsaturated/α-hetero) is 1. The molecule has 1 atom stereocenters. The van der Waals surface area contributed by atoms with Crippen molar-refractivity contribution in [2.75, 3.05) is 0 Å². The fourth-order valence-corrected chi connectivity index (χ4v) is 2.45. The predicted octanol–water partition coefficient (Wildman–Crippen LogP) is 4.32. The molecule has 0 N–H and O–H groups in total. The third kappa shape index (κ3) is 2.45. The van der Waals surface area contributed by atoms with Crippen molar-refractivity contribution in [1.82, 2.24) is 0 Å². The number of hydrogen-bond acceptors (Lipinski definition) is 1. The molecule has 0 fully saturated rings. The lowest BCUT2D eigenvalue weighted by Gasteiger charge is -2.25. The summed E-state index contributed by atoms with van der Waals surface area (Å²) in [4.78, 5) is 12.1. The molecule has 1 heteroatoms. The summed E-state index contributed by atoms with van der Waals surface area (Å²) >= 11 is 0. The first-order valence-corrected chi connectivity index (χ1v) is 6.44. The van der Waals surface area contributed by atoms with Crippen LogP contribution in [0.15, 0.2) is 42.0 Å². The Kier molecular flexibility index (Phi) is 3.51. The fraction of sp³-hybridized carbons (Fsp3) is 0.353. The zero-order valence-electron chi connectivity index (χ0n) is 11.4. The van der Waals surface area contributed by atoms with Crippen LogP contribution >= 0.6 is 0 Å². The summed E-state index contributed by atoms with van der Waals surface area (Å²) in [6.07, 6.45) is 1.56. The minimum Gasteiger partial charge on any atom is -0.295 e. The van der Waals surface area contributed by atoms with Gasteiger partial charge < -0.3 is 0 Å². The van der Waals surface area contributed by atoms with Crippen LogP contribution in [0.1, 0.15) is 37.8 Å². The Morgan fingerprint density at radius 1 is 1.17 bits per heavy atom. The van der Waals surface area contributed by atoms with E-state index in [0.29, 0.717) is 12.3 Å². The molecule has 1 nitrogen and oxygen atoms in total. The van der Waals surface area contributed by atoms with E-state index >= 15 is 0 Å². The van der Waals surface area contributed by atoms with Gasteiger partial charge >= 0.3 is 0 Å². The van der Waals surface area contributed by atoms with Gasteiger partial charge in [-0.3, -0.25) is 4.79 Å². The molecular formula is C17H20O. The van der Waals surface area contributed by atoms with E-state index in [1.165, 1.54) is 16.7 Å². The van der Waals surface area contributed by atoms with Gasteiger partial charge in [0.05, 0.1) is 0 Å². The van der Waals surface area contributed by atoms with Crippen molar-refractivity contribution >= 4 is 11.4 Å². The van der Waals surface area contributed by atoms with E-state index in [1.54, 1.807) is 0 Å². The van der Waals surface area contributed by atoms with Crippen LogP contribution in [0.3, 0.4) is 0 Å². The topological polar surface area (TPSA) is 17.1 Å². The number of carbonyl (C=O) groups excluding carboxylic acids is 1. The van der Waals surface area contributed by atoms with Crippen LogP contribution in [0.25, 0.3) is 5.57 Å². The molecular weight excluding hydrogens is 220 g/mol. The second-order valence-electron chi connectivity index (χ2n) is 5.34. The summed E-state index contributed by atoms with van der Waals surface area (Å²) in [5.74, 6) is 0.572. The number of allylic oxidation sites excluding steroid dienone is 3. The lowest BCUT2D eigenvalue weighted by atomic mass is 9.78. The highest BCUT2D eigenvalue weighted by atomic mass is 16.1. The number of rotatable bonds is 2. The summed E-state index contributed by atoms with van der Waals surface area (Å²) in [6, 6.07) is 8.43. The second kappa shape index (κ2) is 4.93. The zero-order chi connectivity index (χ0) is 13.3. The number of benzene rings is 1. The minimum absolute atomic E-state index is 0.268. The number of aryl methyl sites for hydroxylation is 1. The van der Waals surface area contributed by atoms with Crippen LogP contribution in [0.4, 0.5) is 0 Å². The molecule has 0 saturated carbocycles. The van der Waals surface area contributed by atoms with Crippen molar-refractivity contribution in [3.05, 3.63) is 53.1 Å². The van der Waals surface area contributed by atoms with Gasteiger partial charge in [0.25, 0.3) is 0 Å². The van der Waals surface area contributed by atoms with Gasteiger partial charge in [-0.2, -0.15) is 0 Å². The smallest absolute Gasteiger partial charge is 0.159 e. The van der Waals surface area contributed by atoms with Gasteiger partial charge in [-0.1, -0.05) is 42.0 Å². The molecule has 0 aromatic heterocycles. The van der Waals surface area contributed by atoms with E-state index in [2.05, 4.69) is 37.8 Å². The maximum atomic E-state index is 12.1. The molecule has 18 heavy (non-hydrogen) atoms. The van der Waals surface area contributed by atoms with Crippen molar-refractivity contribution in [3.63, 3.8) is 0 Å². The summed E-state index contributed by atoms with van der Waals surface area (Å²) < 4.78 is 0. The van der Waals surface area contributed by atoms with Gasteiger partial charge in [0.15, 0.2) is 5.78 Å². The number of ketones is 1. The highest BCUT2D eigenvalue weighted by Gasteiger charge is 2.26. The highest BCUT2D eigenvalue weighted by molar-refractivity contribution is 6.04. The monoisotopic (exact) mass is 240 g/mol. The van der Waals surface area contributed by atoms with Crippen molar-refractivity contribution < 1.29 is 4.79 Å². The number of carbonyl (C=O) groups is 1. The Labute approximate surface area is 109 Å². The minimum atomic E-state index is 0.268. The summed E-state index contributed by atoms with van der Waals surface area (Å²) in [5, 5.41) is 0. The fourth-order valence-electron chi connectivity index (χ4n) is 2.45. The third-order valence-corrected chi connectivity index (χ3v) is 3.85.